The Morgan fingerprint density at radius 3 is 2.32 bits per heavy atom. The van der Waals surface area contributed by atoms with Crippen molar-refractivity contribution in [3.8, 4) is 0 Å². The number of alkyl halides is 3. The van der Waals surface area contributed by atoms with Crippen LogP contribution in [0.1, 0.15) is 21.5 Å². The minimum absolute atomic E-state index is 0.103. The van der Waals surface area contributed by atoms with Crippen LogP contribution in [0.25, 0.3) is 0 Å². The number of halogens is 3. The van der Waals surface area contributed by atoms with Crippen molar-refractivity contribution in [3.63, 3.8) is 0 Å². The molecule has 2 amide bonds. The third-order valence-corrected chi connectivity index (χ3v) is 7.00. The maximum atomic E-state index is 13.5. The van der Waals surface area contributed by atoms with Crippen molar-refractivity contribution in [2.24, 2.45) is 0 Å². The van der Waals surface area contributed by atoms with Crippen LogP contribution in [0.2, 0.25) is 0 Å². The molecule has 0 bridgehead atoms. The summed E-state index contributed by atoms with van der Waals surface area (Å²) >= 11 is 0. The standard InChI is InChI=1S/C26H24F3N3O4S/c1-3-15-30-25(34)22-9-4-5-10-23(22)31-24(33)17-32(20-8-6-7-19(16-20)26(27,28)29)37(35,36)21-13-11-18(2)12-14-21/h3-14,16H,1,15,17H2,2H3,(H,30,34)(H,31,33). The van der Waals surface area contributed by atoms with E-state index in [0.29, 0.717) is 10.4 Å². The van der Waals surface area contributed by atoms with Crippen LogP contribution < -0.4 is 14.9 Å². The number of aryl methyl sites for hydroxylation is 1. The Labute approximate surface area is 212 Å². The van der Waals surface area contributed by atoms with Gasteiger partial charge in [-0.3, -0.25) is 13.9 Å². The summed E-state index contributed by atoms with van der Waals surface area (Å²) in [5, 5.41) is 5.07. The number of sulfonamides is 1. The number of anilines is 2. The number of benzene rings is 3. The van der Waals surface area contributed by atoms with Gasteiger partial charge >= 0.3 is 6.18 Å². The Balaban J connectivity index is 1.99. The predicted molar refractivity (Wildman–Crippen MR) is 135 cm³/mol. The van der Waals surface area contributed by atoms with Gasteiger partial charge in [-0.2, -0.15) is 13.2 Å². The molecular formula is C26H24F3N3O4S. The highest BCUT2D eigenvalue weighted by molar-refractivity contribution is 7.92. The summed E-state index contributed by atoms with van der Waals surface area (Å²) in [6, 6.07) is 15.4. The summed E-state index contributed by atoms with van der Waals surface area (Å²) < 4.78 is 67.6. The molecule has 194 valence electrons. The Morgan fingerprint density at radius 1 is 1.00 bits per heavy atom. The fourth-order valence-electron chi connectivity index (χ4n) is 3.36. The van der Waals surface area contributed by atoms with Crippen LogP contribution >= 0.6 is 0 Å². The van der Waals surface area contributed by atoms with Crippen LogP contribution in [0.3, 0.4) is 0 Å². The van der Waals surface area contributed by atoms with Crippen molar-refractivity contribution in [1.82, 2.24) is 5.32 Å². The molecule has 0 saturated carbocycles. The van der Waals surface area contributed by atoms with E-state index in [1.165, 1.54) is 48.5 Å². The quantitative estimate of drug-likeness (QED) is 0.389. The van der Waals surface area contributed by atoms with Crippen molar-refractivity contribution >= 4 is 33.2 Å². The molecule has 0 aromatic heterocycles. The van der Waals surface area contributed by atoms with Gasteiger partial charge < -0.3 is 10.6 Å². The van der Waals surface area contributed by atoms with Gasteiger partial charge in [0.25, 0.3) is 15.9 Å². The zero-order valence-electron chi connectivity index (χ0n) is 19.7. The first-order valence-corrected chi connectivity index (χ1v) is 12.4. The molecule has 0 aliphatic heterocycles. The molecule has 0 aliphatic carbocycles. The normalized spacial score (nSPS) is 11.5. The van der Waals surface area contributed by atoms with Gasteiger partial charge in [-0.1, -0.05) is 42.0 Å². The molecule has 0 saturated heterocycles. The van der Waals surface area contributed by atoms with Gasteiger partial charge in [-0.25, -0.2) is 8.42 Å². The fraction of sp³-hybridized carbons (Fsp3) is 0.154. The summed E-state index contributed by atoms with van der Waals surface area (Å²) in [6.45, 7) is 4.60. The third kappa shape index (κ3) is 6.76. The second kappa shape index (κ2) is 11.3. The zero-order valence-corrected chi connectivity index (χ0v) is 20.6. The molecule has 11 heteroatoms. The molecule has 0 aliphatic rings. The summed E-state index contributed by atoms with van der Waals surface area (Å²) in [4.78, 5) is 25.2. The van der Waals surface area contributed by atoms with Crippen LogP contribution in [-0.4, -0.2) is 33.3 Å². The maximum Gasteiger partial charge on any atom is 0.416 e. The van der Waals surface area contributed by atoms with Gasteiger partial charge in [-0.05, 0) is 49.4 Å². The predicted octanol–water partition coefficient (Wildman–Crippen LogP) is 4.76. The number of para-hydroxylation sites is 1. The van der Waals surface area contributed by atoms with Crippen molar-refractivity contribution in [1.29, 1.82) is 0 Å². The molecule has 0 radical (unpaired) electrons. The number of rotatable bonds is 9. The van der Waals surface area contributed by atoms with E-state index in [9.17, 15) is 31.2 Å². The Hall–Kier alpha value is -4.12. The highest BCUT2D eigenvalue weighted by atomic mass is 32.2. The molecule has 3 aromatic rings. The van der Waals surface area contributed by atoms with E-state index >= 15 is 0 Å². The number of hydrogen-bond donors (Lipinski definition) is 2. The molecule has 0 atom stereocenters. The molecule has 37 heavy (non-hydrogen) atoms. The lowest BCUT2D eigenvalue weighted by molar-refractivity contribution is -0.137. The molecule has 0 fully saturated rings. The first kappa shape index (κ1) is 27.5. The van der Waals surface area contributed by atoms with Gasteiger partial charge in [0.05, 0.1) is 27.4 Å². The van der Waals surface area contributed by atoms with Gasteiger partial charge in [0.1, 0.15) is 6.54 Å². The lowest BCUT2D eigenvalue weighted by Gasteiger charge is -2.25. The van der Waals surface area contributed by atoms with Gasteiger partial charge in [0, 0.05) is 6.54 Å². The van der Waals surface area contributed by atoms with E-state index in [0.717, 1.165) is 17.7 Å². The van der Waals surface area contributed by atoms with Crippen LogP contribution in [-0.2, 0) is 21.0 Å². The molecular weight excluding hydrogens is 507 g/mol. The summed E-state index contributed by atoms with van der Waals surface area (Å²) in [5.74, 6) is -1.37. The smallest absolute Gasteiger partial charge is 0.349 e. The number of amides is 2. The van der Waals surface area contributed by atoms with E-state index in [1.54, 1.807) is 19.1 Å². The van der Waals surface area contributed by atoms with Crippen molar-refractivity contribution in [2.75, 3.05) is 22.7 Å². The largest absolute Gasteiger partial charge is 0.416 e. The number of nitrogens with zero attached hydrogens (tertiary/aromatic N) is 1. The monoisotopic (exact) mass is 531 g/mol. The number of carbonyl (C=O) groups excluding carboxylic acids is 2. The summed E-state index contributed by atoms with van der Waals surface area (Å²) in [6.07, 6.45) is -3.25. The Bertz CT molecular complexity index is 1410. The SMILES string of the molecule is C=CCNC(=O)c1ccccc1NC(=O)CN(c1cccc(C(F)(F)F)c1)S(=O)(=O)c1ccc(C)cc1. The van der Waals surface area contributed by atoms with Gasteiger partial charge in [0.2, 0.25) is 5.91 Å². The molecule has 2 N–H and O–H groups in total. The molecule has 3 rings (SSSR count). The minimum Gasteiger partial charge on any atom is -0.349 e. The minimum atomic E-state index is -4.73. The lowest BCUT2D eigenvalue weighted by atomic mass is 10.1. The number of carbonyl (C=O) groups is 2. The summed E-state index contributed by atoms with van der Waals surface area (Å²) in [5.41, 5.74) is -0.426. The van der Waals surface area contributed by atoms with E-state index in [-0.39, 0.29) is 28.4 Å². The van der Waals surface area contributed by atoms with E-state index in [4.69, 9.17) is 0 Å². The molecule has 3 aromatic carbocycles. The maximum absolute atomic E-state index is 13.5. The molecule has 0 unspecified atom stereocenters. The lowest BCUT2D eigenvalue weighted by Crippen LogP contribution is -2.38. The first-order chi connectivity index (χ1) is 17.4. The van der Waals surface area contributed by atoms with Crippen LogP contribution in [0.4, 0.5) is 24.5 Å². The highest BCUT2D eigenvalue weighted by Crippen LogP contribution is 2.33. The average Bonchev–Trinajstić information content (AvgIpc) is 2.86. The second-order valence-electron chi connectivity index (χ2n) is 7.97. The molecule has 0 spiro atoms. The Kier molecular flexibility index (Phi) is 8.38. The zero-order chi connectivity index (χ0) is 27.2. The number of nitrogens with one attached hydrogen (secondary N) is 2. The molecule has 7 nitrogen and oxygen atoms in total. The van der Waals surface area contributed by atoms with E-state index in [2.05, 4.69) is 17.2 Å². The van der Waals surface area contributed by atoms with Crippen LogP contribution in [0.5, 0.6) is 0 Å². The average molecular weight is 532 g/mol. The topological polar surface area (TPSA) is 95.6 Å². The van der Waals surface area contributed by atoms with Gasteiger partial charge in [0.15, 0.2) is 0 Å². The first-order valence-electron chi connectivity index (χ1n) is 11.0. The fourth-order valence-corrected chi connectivity index (χ4v) is 4.77. The number of hydrogen-bond acceptors (Lipinski definition) is 4. The molecule has 0 heterocycles. The van der Waals surface area contributed by atoms with E-state index in [1.807, 2.05) is 0 Å². The van der Waals surface area contributed by atoms with Crippen molar-refractivity contribution in [2.45, 2.75) is 18.0 Å². The van der Waals surface area contributed by atoms with Crippen LogP contribution in [0, 0.1) is 6.92 Å². The van der Waals surface area contributed by atoms with Crippen LogP contribution in [0.15, 0.2) is 90.3 Å². The second-order valence-corrected chi connectivity index (χ2v) is 9.83. The van der Waals surface area contributed by atoms with Crippen molar-refractivity contribution < 1.29 is 31.2 Å². The van der Waals surface area contributed by atoms with E-state index < -0.39 is 40.1 Å². The highest BCUT2D eigenvalue weighted by Gasteiger charge is 2.33. The third-order valence-electron chi connectivity index (χ3n) is 5.21. The van der Waals surface area contributed by atoms with Gasteiger partial charge in [-0.15, -0.1) is 6.58 Å². The van der Waals surface area contributed by atoms with Crippen molar-refractivity contribution in [3.05, 3.63) is 102 Å². The summed E-state index contributed by atoms with van der Waals surface area (Å²) in [7, 11) is -4.44. The Morgan fingerprint density at radius 2 is 1.68 bits per heavy atom.